The molecule has 0 bridgehead atoms. The van der Waals surface area contributed by atoms with Crippen molar-refractivity contribution in [1.82, 2.24) is 0 Å². The normalized spacial score (nSPS) is 13.6. The molecule has 0 spiro atoms. The average Bonchev–Trinajstić information content (AvgIpc) is 3.12. The molecule has 0 radical (unpaired) electrons. The van der Waals surface area contributed by atoms with Gasteiger partial charge in [-0.2, -0.15) is 0 Å². The molecule has 0 rings (SSSR count). The fourth-order valence-corrected chi connectivity index (χ4v) is 6.85. The summed E-state index contributed by atoms with van der Waals surface area (Å²) in [6.45, 7) is 5.94. The molecule has 0 saturated carbocycles. The van der Waals surface area contributed by atoms with Crippen LogP contribution in [0.3, 0.4) is 0 Å². The Hall–Kier alpha value is -1.51. The third-order valence-corrected chi connectivity index (χ3v) is 10.6. The molecule has 10 heteroatoms. The van der Waals surface area contributed by atoms with Gasteiger partial charge in [-0.1, -0.05) is 147 Å². The van der Waals surface area contributed by atoms with Gasteiger partial charge < -0.3 is 18.9 Å². The molecule has 0 aromatic heterocycles. The minimum atomic E-state index is -4.37. The molecule has 1 N–H and O–H groups in total. The van der Waals surface area contributed by atoms with Gasteiger partial charge in [0, 0.05) is 12.8 Å². The minimum absolute atomic E-state index is 0.0309. The number of rotatable bonds is 41. The van der Waals surface area contributed by atoms with E-state index in [-0.39, 0.29) is 32.0 Å². The Labute approximate surface area is 332 Å². The van der Waals surface area contributed by atoms with Crippen molar-refractivity contribution in [1.29, 1.82) is 0 Å². The predicted octanol–water partition coefficient (Wildman–Crippen LogP) is 12.4. The summed E-state index contributed by atoms with van der Waals surface area (Å²) < 4.78 is 34.3. The molecule has 54 heavy (non-hydrogen) atoms. The summed E-state index contributed by atoms with van der Waals surface area (Å²) in [6.07, 6.45) is 38.2. The van der Waals surface area contributed by atoms with E-state index in [1.165, 1.54) is 109 Å². The van der Waals surface area contributed by atoms with Gasteiger partial charge in [-0.15, -0.1) is 6.58 Å². The van der Waals surface area contributed by atoms with Gasteiger partial charge in [0.25, 0.3) is 0 Å². The highest BCUT2D eigenvalue weighted by atomic mass is 31.2. The number of nitrogens with zero attached hydrogens (tertiary/aromatic N) is 1. The Balaban J connectivity index is 4.34. The molecule has 0 aliphatic carbocycles. The molecule has 0 fully saturated rings. The summed E-state index contributed by atoms with van der Waals surface area (Å²) in [7, 11) is 1.47. The lowest BCUT2D eigenvalue weighted by atomic mass is 10.0. The third-order valence-electron chi connectivity index (χ3n) is 9.60. The van der Waals surface area contributed by atoms with Gasteiger partial charge in [-0.05, 0) is 51.4 Å². The summed E-state index contributed by atoms with van der Waals surface area (Å²) in [5.74, 6) is -0.806. The maximum atomic E-state index is 12.7. The van der Waals surface area contributed by atoms with E-state index in [1.54, 1.807) is 0 Å². The fourth-order valence-electron chi connectivity index (χ4n) is 6.11. The first kappa shape index (κ1) is 52.5. The zero-order valence-corrected chi connectivity index (χ0v) is 36.4. The molecule has 0 aliphatic heterocycles. The van der Waals surface area contributed by atoms with Gasteiger partial charge in [0.1, 0.15) is 19.8 Å². The number of phosphoric ester groups is 1. The van der Waals surface area contributed by atoms with Crippen molar-refractivity contribution in [2.75, 3.05) is 47.5 Å². The molecular weight excluding hydrogens is 701 g/mol. The van der Waals surface area contributed by atoms with Crippen molar-refractivity contribution in [3.05, 3.63) is 24.8 Å². The van der Waals surface area contributed by atoms with Crippen molar-refractivity contribution in [3.63, 3.8) is 0 Å². The summed E-state index contributed by atoms with van der Waals surface area (Å²) in [5, 5.41) is 0. The highest BCUT2D eigenvalue weighted by Gasteiger charge is 2.27. The van der Waals surface area contributed by atoms with E-state index in [2.05, 4.69) is 25.7 Å². The van der Waals surface area contributed by atoms with Crippen LogP contribution in [0.1, 0.15) is 193 Å². The number of esters is 2. The highest BCUT2D eigenvalue weighted by molar-refractivity contribution is 7.47. The smallest absolute Gasteiger partial charge is 0.462 e. The second kappa shape index (κ2) is 37.1. The molecule has 0 aromatic carbocycles. The van der Waals surface area contributed by atoms with E-state index in [4.69, 9.17) is 18.5 Å². The zero-order valence-electron chi connectivity index (χ0n) is 35.6. The number of quaternary nitrogens is 1. The first-order valence-electron chi connectivity index (χ1n) is 22.0. The number of carbonyl (C=O) groups excluding carboxylic acids is 2. The Kier molecular flexibility index (Phi) is 36.1. The van der Waals surface area contributed by atoms with Gasteiger partial charge in [0.2, 0.25) is 0 Å². The maximum Gasteiger partial charge on any atom is 0.472 e. The van der Waals surface area contributed by atoms with Gasteiger partial charge in [0.05, 0.1) is 27.7 Å². The number of carbonyl (C=O) groups is 2. The number of unbranched alkanes of at least 4 members (excludes halogenated alkanes) is 24. The molecule has 318 valence electrons. The fraction of sp³-hybridized carbons (Fsp3) is 0.864. The first-order chi connectivity index (χ1) is 26.0. The van der Waals surface area contributed by atoms with E-state index in [1.807, 2.05) is 27.2 Å². The third kappa shape index (κ3) is 40.2. The Morgan fingerprint density at radius 3 is 1.50 bits per heavy atom. The summed E-state index contributed by atoms with van der Waals surface area (Å²) in [4.78, 5) is 35.3. The Bertz CT molecular complexity index is 967. The van der Waals surface area contributed by atoms with E-state index in [0.29, 0.717) is 17.4 Å². The van der Waals surface area contributed by atoms with Crippen LogP contribution >= 0.6 is 7.82 Å². The molecule has 0 aliphatic rings. The quantitative estimate of drug-likeness (QED) is 0.0215. The molecule has 0 aromatic rings. The van der Waals surface area contributed by atoms with Crippen LogP contribution in [-0.2, 0) is 32.7 Å². The number of phosphoric acid groups is 1. The number of ether oxygens (including phenoxy) is 2. The molecule has 0 amide bonds. The molecule has 0 heterocycles. The summed E-state index contributed by atoms with van der Waals surface area (Å²) in [6, 6.07) is 0. The van der Waals surface area contributed by atoms with E-state index in [9.17, 15) is 19.0 Å². The Morgan fingerprint density at radius 1 is 0.611 bits per heavy atom. The topological polar surface area (TPSA) is 108 Å². The van der Waals surface area contributed by atoms with Crippen LogP contribution in [0.5, 0.6) is 0 Å². The molecule has 2 atom stereocenters. The summed E-state index contributed by atoms with van der Waals surface area (Å²) >= 11 is 0. The maximum absolute atomic E-state index is 12.7. The van der Waals surface area contributed by atoms with Gasteiger partial charge in [-0.25, -0.2) is 4.57 Å². The lowest BCUT2D eigenvalue weighted by molar-refractivity contribution is -0.870. The van der Waals surface area contributed by atoms with Crippen LogP contribution in [0.15, 0.2) is 24.8 Å². The summed E-state index contributed by atoms with van der Waals surface area (Å²) in [5.41, 5.74) is 0. The SMILES string of the molecule is C=CCCCCCCCCCCCCCCCC(=O)OC[C@H](COP(=O)(O)OCC[N+](C)(C)C)OC(=O)CCCCCCC/C=C/CCCCCCCC. The van der Waals surface area contributed by atoms with E-state index in [0.717, 1.165) is 57.8 Å². The van der Waals surface area contributed by atoms with Crippen LogP contribution < -0.4 is 0 Å². The van der Waals surface area contributed by atoms with E-state index < -0.39 is 26.5 Å². The molecule has 1 unspecified atom stereocenters. The minimum Gasteiger partial charge on any atom is -0.462 e. The van der Waals surface area contributed by atoms with Crippen molar-refractivity contribution in [2.24, 2.45) is 0 Å². The lowest BCUT2D eigenvalue weighted by Gasteiger charge is -2.24. The highest BCUT2D eigenvalue weighted by Crippen LogP contribution is 2.43. The number of hydrogen-bond donors (Lipinski definition) is 1. The largest absolute Gasteiger partial charge is 0.472 e. The number of allylic oxidation sites excluding steroid dienone is 3. The van der Waals surface area contributed by atoms with Crippen molar-refractivity contribution in [2.45, 2.75) is 199 Å². The van der Waals surface area contributed by atoms with Gasteiger partial charge >= 0.3 is 19.8 Å². The predicted molar refractivity (Wildman–Crippen MR) is 224 cm³/mol. The second-order valence-electron chi connectivity index (χ2n) is 16.2. The van der Waals surface area contributed by atoms with Crippen LogP contribution in [-0.4, -0.2) is 74.9 Å². The number of hydrogen-bond acceptors (Lipinski definition) is 7. The van der Waals surface area contributed by atoms with Gasteiger partial charge in [0.15, 0.2) is 6.10 Å². The van der Waals surface area contributed by atoms with Crippen molar-refractivity contribution >= 4 is 19.8 Å². The molecule has 0 saturated heterocycles. The molecule has 9 nitrogen and oxygen atoms in total. The monoisotopic (exact) mass is 787 g/mol. The first-order valence-corrected chi connectivity index (χ1v) is 23.5. The zero-order chi connectivity index (χ0) is 40.0. The van der Waals surface area contributed by atoms with Crippen LogP contribution in [0.4, 0.5) is 0 Å². The van der Waals surface area contributed by atoms with E-state index >= 15 is 0 Å². The lowest BCUT2D eigenvalue weighted by Crippen LogP contribution is -2.37. The standard InChI is InChI=1S/C44H84NO8P/c1-6-8-10-12-14-16-18-20-22-24-26-28-30-32-34-36-43(46)50-40-42(41-52-54(48,49)51-39-38-45(3,4)5)53-44(47)37-35-33-31-29-27-25-23-21-19-17-15-13-11-9-7-2/h6,21,23,42H,1,7-20,22,24-41H2,2-5H3/p+1/b23-21+/t42-/m1/s1. The van der Waals surface area contributed by atoms with Crippen LogP contribution in [0, 0.1) is 0 Å². The Morgan fingerprint density at radius 2 is 1.04 bits per heavy atom. The molecular formula is C44H85NO8P+. The van der Waals surface area contributed by atoms with Gasteiger partial charge in [-0.3, -0.25) is 18.6 Å². The van der Waals surface area contributed by atoms with Crippen LogP contribution in [0.2, 0.25) is 0 Å². The number of likely N-dealkylation sites (N-methyl/N-ethyl adjacent to an activating group) is 1. The second-order valence-corrected chi connectivity index (χ2v) is 17.6. The van der Waals surface area contributed by atoms with Crippen molar-refractivity contribution < 1.29 is 42.1 Å². The average molecular weight is 787 g/mol. The van der Waals surface area contributed by atoms with Crippen molar-refractivity contribution in [3.8, 4) is 0 Å². The van der Waals surface area contributed by atoms with Crippen LogP contribution in [0.25, 0.3) is 0 Å².